The fourth-order valence-electron chi connectivity index (χ4n) is 3.34. The van der Waals surface area contributed by atoms with Crippen LogP contribution in [0.3, 0.4) is 0 Å². The van der Waals surface area contributed by atoms with Crippen molar-refractivity contribution in [3.8, 4) is 0 Å². The molecule has 0 bridgehead atoms. The van der Waals surface area contributed by atoms with Crippen LogP contribution in [0.1, 0.15) is 16.7 Å². The normalized spacial score (nSPS) is 12.9. The smallest absolute Gasteiger partial charge is 0.241 e. The number of nitrogens with zero attached hydrogens (tertiary/aromatic N) is 1. The molecule has 1 heterocycles. The van der Waals surface area contributed by atoms with Crippen LogP contribution >= 0.6 is 15.9 Å². The van der Waals surface area contributed by atoms with Crippen molar-refractivity contribution in [3.63, 3.8) is 0 Å². The van der Waals surface area contributed by atoms with Crippen molar-refractivity contribution in [3.05, 3.63) is 99.5 Å². The second-order valence-corrected chi connectivity index (χ2v) is 12.6. The largest absolute Gasteiger partial charge is 0.268 e. The zero-order valence-corrected chi connectivity index (χ0v) is 20.6. The number of aryl methyl sites for hydroxylation is 2. The van der Waals surface area contributed by atoms with Crippen LogP contribution in [0.4, 0.5) is 0 Å². The van der Waals surface area contributed by atoms with E-state index in [4.69, 9.17) is 0 Å². The molecule has 0 spiro atoms. The van der Waals surface area contributed by atoms with E-state index in [1.807, 2.05) is 13.8 Å². The summed E-state index contributed by atoms with van der Waals surface area (Å²) in [5, 5.41) is 0.624. The molecule has 0 atom stereocenters. The maximum absolute atomic E-state index is 13.3. The average Bonchev–Trinajstić information content (AvgIpc) is 3.14. The Morgan fingerprint density at radius 3 is 1.91 bits per heavy atom. The molecule has 1 aromatic heterocycles. The standard InChI is InChI=1S/C24H20BrNO4S2/c1-17-7-11-20(12-8-17)31(27,28)24(25)15-19-16-26(23-6-4-3-5-22(19)23)32(29,30)21-13-9-18(2)10-14-21/h3-16H,1-2H3/b24-15+. The van der Waals surface area contributed by atoms with Crippen molar-refractivity contribution in [2.45, 2.75) is 23.6 Å². The van der Waals surface area contributed by atoms with Gasteiger partial charge < -0.3 is 0 Å². The quantitative estimate of drug-likeness (QED) is 0.334. The summed E-state index contributed by atoms with van der Waals surface area (Å²) < 4.78 is 53.8. The molecule has 0 aliphatic heterocycles. The van der Waals surface area contributed by atoms with Gasteiger partial charge in [0.15, 0.2) is 0 Å². The highest BCUT2D eigenvalue weighted by Gasteiger charge is 2.23. The van der Waals surface area contributed by atoms with Crippen LogP contribution in [0.5, 0.6) is 0 Å². The Kier molecular flexibility index (Phi) is 5.87. The lowest BCUT2D eigenvalue weighted by atomic mass is 10.2. The lowest BCUT2D eigenvalue weighted by Crippen LogP contribution is -2.11. The molecule has 0 aliphatic rings. The minimum absolute atomic E-state index is 0.0514. The third-order valence-electron chi connectivity index (χ3n) is 5.14. The van der Waals surface area contributed by atoms with Gasteiger partial charge in [-0.05, 0) is 66.2 Å². The van der Waals surface area contributed by atoms with Gasteiger partial charge in [0.05, 0.1) is 15.3 Å². The Balaban J connectivity index is 1.86. The van der Waals surface area contributed by atoms with Gasteiger partial charge in [0.1, 0.15) is 3.81 Å². The van der Waals surface area contributed by atoms with Crippen molar-refractivity contribution in [2.24, 2.45) is 0 Å². The molecule has 4 aromatic rings. The summed E-state index contributed by atoms with van der Waals surface area (Å²) in [4.78, 5) is 0.313. The van der Waals surface area contributed by atoms with Gasteiger partial charge >= 0.3 is 0 Å². The summed E-state index contributed by atoms with van der Waals surface area (Å²) >= 11 is 3.20. The second-order valence-electron chi connectivity index (χ2n) is 7.48. The number of aromatic nitrogens is 1. The molecule has 5 nitrogen and oxygen atoms in total. The first kappa shape index (κ1) is 22.5. The Morgan fingerprint density at radius 2 is 1.31 bits per heavy atom. The number of sulfone groups is 1. The highest BCUT2D eigenvalue weighted by molar-refractivity contribution is 9.13. The Bertz CT molecular complexity index is 1550. The maximum Gasteiger partial charge on any atom is 0.268 e. The van der Waals surface area contributed by atoms with E-state index in [0.29, 0.717) is 16.5 Å². The maximum atomic E-state index is 13.3. The molecule has 0 saturated carbocycles. The number of para-hydroxylation sites is 1. The predicted octanol–water partition coefficient (Wildman–Crippen LogP) is 5.66. The first-order valence-electron chi connectivity index (χ1n) is 9.72. The van der Waals surface area contributed by atoms with E-state index in [9.17, 15) is 16.8 Å². The minimum atomic E-state index is -3.87. The number of rotatable bonds is 5. The molecular formula is C24H20BrNO4S2. The molecule has 0 N–H and O–H groups in total. The van der Waals surface area contributed by atoms with Gasteiger partial charge in [-0.2, -0.15) is 0 Å². The van der Waals surface area contributed by atoms with Gasteiger partial charge in [-0.1, -0.05) is 53.6 Å². The highest BCUT2D eigenvalue weighted by Crippen LogP contribution is 2.31. The molecule has 4 rings (SSSR count). The van der Waals surface area contributed by atoms with Crippen molar-refractivity contribution in [1.82, 2.24) is 3.97 Å². The van der Waals surface area contributed by atoms with E-state index in [2.05, 4.69) is 15.9 Å². The zero-order valence-electron chi connectivity index (χ0n) is 17.4. The summed E-state index contributed by atoms with van der Waals surface area (Å²) in [5.74, 6) is 0. The summed E-state index contributed by atoms with van der Waals surface area (Å²) in [6.45, 7) is 3.76. The molecule has 0 aliphatic carbocycles. The number of benzene rings is 3. The Morgan fingerprint density at radius 1 is 0.781 bits per heavy atom. The molecular weight excluding hydrogens is 510 g/mol. The van der Waals surface area contributed by atoms with Gasteiger partial charge in [-0.25, -0.2) is 20.8 Å². The third kappa shape index (κ3) is 4.05. The fraction of sp³-hybridized carbons (Fsp3) is 0.0833. The molecule has 0 saturated heterocycles. The third-order valence-corrected chi connectivity index (χ3v) is 9.86. The molecule has 8 heteroatoms. The van der Waals surface area contributed by atoms with Crippen molar-refractivity contribution >= 4 is 52.8 Å². The first-order valence-corrected chi connectivity index (χ1v) is 13.4. The zero-order chi connectivity index (χ0) is 23.1. The minimum Gasteiger partial charge on any atom is -0.241 e. The van der Waals surface area contributed by atoms with Gasteiger partial charge in [-0.3, -0.25) is 0 Å². The van der Waals surface area contributed by atoms with Crippen LogP contribution in [0.2, 0.25) is 0 Å². The second kappa shape index (κ2) is 8.35. The molecule has 3 aromatic carbocycles. The van der Waals surface area contributed by atoms with Gasteiger partial charge in [0.2, 0.25) is 9.84 Å². The summed E-state index contributed by atoms with van der Waals surface area (Å²) in [5.41, 5.74) is 2.84. The van der Waals surface area contributed by atoms with Crippen LogP contribution in [0, 0.1) is 13.8 Å². The van der Waals surface area contributed by atoms with Crippen molar-refractivity contribution < 1.29 is 16.8 Å². The van der Waals surface area contributed by atoms with E-state index in [1.54, 1.807) is 72.8 Å². The summed E-state index contributed by atoms with van der Waals surface area (Å²) in [6.07, 6.45) is 2.89. The number of hydrogen-bond donors (Lipinski definition) is 0. The Hall–Kier alpha value is -2.68. The number of hydrogen-bond acceptors (Lipinski definition) is 4. The molecule has 0 unspecified atom stereocenters. The predicted molar refractivity (Wildman–Crippen MR) is 131 cm³/mol. The van der Waals surface area contributed by atoms with E-state index in [1.165, 1.54) is 16.2 Å². The highest BCUT2D eigenvalue weighted by atomic mass is 79.9. The Labute approximate surface area is 196 Å². The fourth-order valence-corrected chi connectivity index (χ4v) is 6.53. The molecule has 0 radical (unpaired) electrons. The van der Waals surface area contributed by atoms with Gasteiger partial charge in [0, 0.05) is 17.1 Å². The van der Waals surface area contributed by atoms with E-state index < -0.39 is 19.9 Å². The van der Waals surface area contributed by atoms with E-state index >= 15 is 0 Å². The summed E-state index contributed by atoms with van der Waals surface area (Å²) in [6, 6.07) is 20.1. The van der Waals surface area contributed by atoms with E-state index in [0.717, 1.165) is 11.1 Å². The van der Waals surface area contributed by atoms with Crippen LogP contribution in [0.25, 0.3) is 17.0 Å². The lowest BCUT2D eigenvalue weighted by molar-refractivity contribution is 0.589. The molecule has 0 amide bonds. The number of halogens is 1. The van der Waals surface area contributed by atoms with Crippen LogP contribution in [0.15, 0.2) is 92.6 Å². The molecule has 164 valence electrons. The SMILES string of the molecule is Cc1ccc(S(=O)(=O)/C(Br)=C/c2cn(S(=O)(=O)c3ccc(C)cc3)c3ccccc23)cc1. The van der Waals surface area contributed by atoms with Crippen LogP contribution < -0.4 is 0 Å². The average molecular weight is 530 g/mol. The van der Waals surface area contributed by atoms with Crippen LogP contribution in [-0.2, 0) is 19.9 Å². The monoisotopic (exact) mass is 529 g/mol. The molecule has 0 fully saturated rings. The summed E-state index contributed by atoms with van der Waals surface area (Å²) in [7, 11) is -7.65. The molecule has 32 heavy (non-hydrogen) atoms. The van der Waals surface area contributed by atoms with E-state index in [-0.39, 0.29) is 13.6 Å². The van der Waals surface area contributed by atoms with Crippen LogP contribution in [-0.4, -0.2) is 20.8 Å². The topological polar surface area (TPSA) is 73.2 Å². The van der Waals surface area contributed by atoms with Crippen molar-refractivity contribution in [2.75, 3.05) is 0 Å². The van der Waals surface area contributed by atoms with Crippen molar-refractivity contribution in [1.29, 1.82) is 0 Å². The lowest BCUT2D eigenvalue weighted by Gasteiger charge is -2.07. The van der Waals surface area contributed by atoms with Gasteiger partial charge in [-0.15, -0.1) is 0 Å². The first-order chi connectivity index (χ1) is 15.1. The van der Waals surface area contributed by atoms with Gasteiger partial charge in [0.25, 0.3) is 10.0 Å². The number of fused-ring (bicyclic) bond motifs is 1.